The normalized spacial score (nSPS) is 27.6. The highest BCUT2D eigenvalue weighted by molar-refractivity contribution is 6.01. The summed E-state index contributed by atoms with van der Waals surface area (Å²) in [5, 5.41) is 3.46. The van der Waals surface area contributed by atoms with Crippen LogP contribution in [0.5, 0.6) is 0 Å². The van der Waals surface area contributed by atoms with Gasteiger partial charge in [-0.05, 0) is 54.6 Å². The smallest absolute Gasteiger partial charge is 0.333 e. The van der Waals surface area contributed by atoms with E-state index in [9.17, 15) is 19.2 Å². The maximum Gasteiger partial charge on any atom is 0.333 e. The molecule has 9 heteroatoms. The molecule has 3 atom stereocenters. The van der Waals surface area contributed by atoms with Crippen LogP contribution in [0.3, 0.4) is 0 Å². The van der Waals surface area contributed by atoms with Gasteiger partial charge in [-0.25, -0.2) is 4.79 Å². The Morgan fingerprint density at radius 1 is 1.16 bits per heavy atom. The van der Waals surface area contributed by atoms with E-state index in [2.05, 4.69) is 10.2 Å². The molecule has 2 heterocycles. The van der Waals surface area contributed by atoms with Gasteiger partial charge in [0, 0.05) is 54.6 Å². The Morgan fingerprint density at radius 3 is 2.42 bits per heavy atom. The number of hydroxylamine groups is 2. The summed E-state index contributed by atoms with van der Waals surface area (Å²) in [6.45, 7) is 5.94. The van der Waals surface area contributed by atoms with Gasteiger partial charge in [-0.1, -0.05) is 6.42 Å². The average molecular weight is 442 g/mol. The minimum atomic E-state index is -2.30. The Bertz CT molecular complexity index is 773. The maximum atomic E-state index is 13.1. The third-order valence-electron chi connectivity index (χ3n) is 6.46. The molecule has 3 unspecified atom stereocenters. The number of rotatable bonds is 9. The van der Waals surface area contributed by atoms with Gasteiger partial charge in [-0.3, -0.25) is 24.2 Å². The minimum absolute atomic E-state index is 0.0546. The Morgan fingerprint density at radius 2 is 1.81 bits per heavy atom. The summed E-state index contributed by atoms with van der Waals surface area (Å²) in [6, 6.07) is -0.573. The quantitative estimate of drug-likeness (QED) is 0.425. The lowest BCUT2D eigenvalue weighted by molar-refractivity contribution is -0.197. The number of carbonyl (C=O) groups excluding carboxylic acids is 4. The fourth-order valence-electron chi connectivity index (χ4n) is 4.34. The van der Waals surface area contributed by atoms with Gasteiger partial charge < -0.3 is 10.2 Å². The lowest BCUT2D eigenvalue weighted by Crippen LogP contribution is -2.66. The Balaban J connectivity index is 1.81. The van der Waals surface area contributed by atoms with Crippen LogP contribution in [0, 0.1) is 5.41 Å². The van der Waals surface area contributed by atoms with E-state index in [1.165, 1.54) is 4.90 Å². The summed E-state index contributed by atoms with van der Waals surface area (Å²) in [5.41, 5.74) is -0.944. The summed E-state index contributed by atoms with van der Waals surface area (Å²) in [4.78, 5) is 56.3. The van der Waals surface area contributed by atoms with E-state index >= 15 is 0 Å². The molecule has 0 saturated carbocycles. The molecule has 0 aliphatic carbocycles. The van der Waals surface area contributed by atoms with Crippen molar-refractivity contribution < 1.29 is 28.1 Å². The van der Waals surface area contributed by atoms with Crippen LogP contribution in [-0.4, -0.2) is 83.8 Å². The third kappa shape index (κ3) is 6.04. The van der Waals surface area contributed by atoms with Crippen LogP contribution in [0.4, 0.5) is 0 Å². The molecule has 0 aromatic carbocycles. The van der Waals surface area contributed by atoms with Gasteiger partial charge in [0.1, 0.15) is 0 Å². The number of likely N-dealkylation sites (N-methyl/N-ethyl adjacent to an activating group) is 2. The van der Waals surface area contributed by atoms with Crippen LogP contribution in [0.25, 0.3) is 0 Å². The van der Waals surface area contributed by atoms with Crippen molar-refractivity contribution in [2.75, 3.05) is 27.1 Å². The molecule has 0 aromatic heterocycles. The number of hydrogen-bond acceptors (Lipinski definition) is 7. The number of hydrogen-bond donors (Lipinski definition) is 1. The number of nitrogens with zero attached hydrogens (tertiary/aromatic N) is 3. The molecule has 2 aliphatic heterocycles. The molecule has 2 rings (SSSR count). The van der Waals surface area contributed by atoms with Gasteiger partial charge in [-0.15, -0.1) is 5.06 Å². The molecule has 0 spiro atoms. The second-order valence-electron chi connectivity index (χ2n) is 9.19. The lowest BCUT2D eigenvalue weighted by Gasteiger charge is -2.52. The zero-order valence-electron chi connectivity index (χ0n) is 22.3. The molecule has 0 radical (unpaired) electrons. The molecular formula is C22H38N4O5. The zero-order valence-corrected chi connectivity index (χ0v) is 19.3. The summed E-state index contributed by atoms with van der Waals surface area (Å²) in [6.07, 6.45) is 1.93. The Hall–Kier alpha value is -2.00. The van der Waals surface area contributed by atoms with E-state index < -0.39 is 36.2 Å². The molecule has 31 heavy (non-hydrogen) atoms. The number of carbonyl (C=O) groups is 4. The van der Waals surface area contributed by atoms with Crippen molar-refractivity contribution in [2.45, 2.75) is 84.3 Å². The highest BCUT2D eigenvalue weighted by Gasteiger charge is 2.46. The average Bonchev–Trinajstić information content (AvgIpc) is 3.04. The first kappa shape index (κ1) is 20.9. The molecule has 2 saturated heterocycles. The molecule has 2 aliphatic rings. The summed E-state index contributed by atoms with van der Waals surface area (Å²) < 4.78 is 24.0. The Labute approximate surface area is 189 Å². The van der Waals surface area contributed by atoms with Crippen molar-refractivity contribution in [3.05, 3.63) is 0 Å². The minimum Gasteiger partial charge on any atom is -0.356 e. The number of nitrogens with one attached hydrogen (secondary N) is 1. The van der Waals surface area contributed by atoms with Gasteiger partial charge in [0.2, 0.25) is 5.91 Å². The number of unbranched alkanes of at least 4 members (excludes halogenated alkanes) is 2. The van der Waals surface area contributed by atoms with Crippen LogP contribution in [-0.2, 0) is 24.0 Å². The SMILES string of the molecule is [2H]C([2H])([2H])N1CC(C)N(C)C(C)C1C(C)(C)C(=O)NCCCCCC(=O)ON1C(=O)CCC1=O. The van der Waals surface area contributed by atoms with Gasteiger partial charge in [0.25, 0.3) is 11.8 Å². The van der Waals surface area contributed by atoms with Crippen molar-refractivity contribution in [3.63, 3.8) is 0 Å². The van der Waals surface area contributed by atoms with Crippen LogP contribution < -0.4 is 5.32 Å². The van der Waals surface area contributed by atoms with E-state index in [0.717, 1.165) is 0 Å². The fourth-order valence-corrected chi connectivity index (χ4v) is 4.34. The van der Waals surface area contributed by atoms with E-state index in [1.54, 1.807) is 13.8 Å². The topological polar surface area (TPSA) is 99.3 Å². The van der Waals surface area contributed by atoms with E-state index in [0.29, 0.717) is 37.4 Å². The largest absolute Gasteiger partial charge is 0.356 e. The maximum absolute atomic E-state index is 13.1. The van der Waals surface area contributed by atoms with Crippen LogP contribution in [0.1, 0.15) is 70.3 Å². The molecular weight excluding hydrogens is 400 g/mol. The first-order valence-electron chi connectivity index (χ1n) is 12.5. The number of imide groups is 1. The highest BCUT2D eigenvalue weighted by atomic mass is 16.7. The van der Waals surface area contributed by atoms with Gasteiger partial charge >= 0.3 is 5.97 Å². The molecule has 2 fully saturated rings. The summed E-state index contributed by atoms with van der Waals surface area (Å²) in [7, 11) is 1.95. The van der Waals surface area contributed by atoms with Crippen LogP contribution in [0.2, 0.25) is 0 Å². The van der Waals surface area contributed by atoms with Crippen molar-refractivity contribution >= 4 is 23.7 Å². The first-order chi connectivity index (χ1) is 15.7. The molecule has 0 bridgehead atoms. The lowest BCUT2D eigenvalue weighted by atomic mass is 9.77. The standard InChI is InChI=1S/C22H38N4O5/c1-15-14-24(5)20(16(2)25(15)6)22(3,4)21(30)23-13-9-7-8-10-19(29)31-26-17(27)11-12-18(26)28/h15-16,20H,7-14H2,1-6H3,(H,23,30)/i5D3. The molecule has 176 valence electrons. The van der Waals surface area contributed by atoms with Crippen molar-refractivity contribution in [1.82, 2.24) is 20.2 Å². The predicted octanol–water partition coefficient (Wildman–Crippen LogP) is 1.32. The van der Waals surface area contributed by atoms with Crippen LogP contribution in [0.15, 0.2) is 0 Å². The third-order valence-corrected chi connectivity index (χ3v) is 6.46. The first-order valence-corrected chi connectivity index (χ1v) is 11.0. The monoisotopic (exact) mass is 441 g/mol. The molecule has 1 N–H and O–H groups in total. The molecule has 9 nitrogen and oxygen atoms in total. The zero-order chi connectivity index (χ0) is 25.8. The van der Waals surface area contributed by atoms with E-state index in [1.807, 2.05) is 20.9 Å². The van der Waals surface area contributed by atoms with E-state index in [4.69, 9.17) is 8.95 Å². The van der Waals surface area contributed by atoms with Gasteiger partial charge in [0.15, 0.2) is 0 Å². The van der Waals surface area contributed by atoms with E-state index in [-0.39, 0.29) is 37.3 Å². The number of amides is 3. The summed E-state index contributed by atoms with van der Waals surface area (Å²) >= 11 is 0. The highest BCUT2D eigenvalue weighted by Crippen LogP contribution is 2.33. The summed E-state index contributed by atoms with van der Waals surface area (Å²) in [5.74, 6) is -1.86. The fraction of sp³-hybridized carbons (Fsp3) is 0.818. The van der Waals surface area contributed by atoms with Crippen molar-refractivity contribution in [1.29, 1.82) is 0 Å². The Kier molecular flexibility index (Phi) is 7.10. The second kappa shape index (κ2) is 10.5. The van der Waals surface area contributed by atoms with Crippen molar-refractivity contribution in [2.24, 2.45) is 5.41 Å². The molecule has 0 aromatic rings. The predicted molar refractivity (Wildman–Crippen MR) is 116 cm³/mol. The van der Waals surface area contributed by atoms with Gasteiger partial charge in [-0.2, -0.15) is 0 Å². The second-order valence-corrected chi connectivity index (χ2v) is 9.19. The van der Waals surface area contributed by atoms with Crippen LogP contribution >= 0.6 is 0 Å². The van der Waals surface area contributed by atoms with Gasteiger partial charge in [0.05, 0.1) is 5.41 Å². The number of piperazine rings is 1. The van der Waals surface area contributed by atoms with Crippen molar-refractivity contribution in [3.8, 4) is 0 Å². The molecule has 3 amide bonds.